The van der Waals surface area contributed by atoms with Gasteiger partial charge in [0.05, 0.1) is 5.33 Å². The van der Waals surface area contributed by atoms with Gasteiger partial charge in [0.25, 0.3) is 0 Å². The van der Waals surface area contributed by atoms with Crippen LogP contribution in [0.1, 0.15) is 39.5 Å². The molecule has 0 atom stereocenters. The van der Waals surface area contributed by atoms with Gasteiger partial charge in [-0.15, -0.1) is 0 Å². The highest BCUT2D eigenvalue weighted by Gasteiger charge is 2.26. The zero-order chi connectivity index (χ0) is 9.84. The maximum Gasteiger partial charge on any atom is 0.146 e. The molecule has 0 spiro atoms. The molecule has 1 aliphatic carbocycles. The van der Waals surface area contributed by atoms with Crippen LogP contribution in [0.5, 0.6) is 0 Å². The highest BCUT2D eigenvalue weighted by atomic mass is 79.9. The Morgan fingerprint density at radius 2 is 1.85 bits per heavy atom. The molecule has 0 saturated heterocycles. The van der Waals surface area contributed by atoms with Crippen molar-refractivity contribution < 1.29 is 4.79 Å². The second kappa shape index (κ2) is 5.14. The van der Waals surface area contributed by atoms with Gasteiger partial charge in [-0.25, -0.2) is 0 Å². The normalized spacial score (nSPS) is 29.2. The minimum absolute atomic E-state index is 0.356. The second-order valence-corrected chi connectivity index (χ2v) is 5.02. The summed E-state index contributed by atoms with van der Waals surface area (Å²) in [5.41, 5.74) is 0. The van der Waals surface area contributed by atoms with Crippen molar-refractivity contribution in [3.63, 3.8) is 0 Å². The van der Waals surface area contributed by atoms with E-state index in [-0.39, 0.29) is 0 Å². The first-order valence-electron chi connectivity index (χ1n) is 5.23. The lowest BCUT2D eigenvalue weighted by molar-refractivity contribution is -0.121. The van der Waals surface area contributed by atoms with Gasteiger partial charge >= 0.3 is 0 Å². The molecular formula is C11H19BrO. The molecule has 1 nitrogen and oxygen atoms in total. The van der Waals surface area contributed by atoms with E-state index in [2.05, 4.69) is 29.8 Å². The van der Waals surface area contributed by atoms with Gasteiger partial charge in [-0.1, -0.05) is 29.8 Å². The number of hydrogen-bond donors (Lipinski definition) is 0. The molecule has 0 amide bonds. The van der Waals surface area contributed by atoms with Gasteiger partial charge in [0.2, 0.25) is 0 Å². The maximum atomic E-state index is 11.4. The predicted octanol–water partition coefficient (Wildman–Crippen LogP) is 3.41. The van der Waals surface area contributed by atoms with Gasteiger partial charge in [0, 0.05) is 5.92 Å². The van der Waals surface area contributed by atoms with Crippen molar-refractivity contribution in [1.29, 1.82) is 0 Å². The number of ketones is 1. The monoisotopic (exact) mass is 246 g/mol. The zero-order valence-corrected chi connectivity index (χ0v) is 10.1. The van der Waals surface area contributed by atoms with Crippen molar-refractivity contribution in [2.45, 2.75) is 39.5 Å². The number of carbonyl (C=O) groups is 1. The summed E-state index contributed by atoms with van der Waals surface area (Å²) in [5.74, 6) is 2.41. The molecule has 13 heavy (non-hydrogen) atoms. The number of rotatable bonds is 3. The maximum absolute atomic E-state index is 11.4. The zero-order valence-electron chi connectivity index (χ0n) is 8.55. The lowest BCUT2D eigenvalue weighted by Gasteiger charge is -2.29. The van der Waals surface area contributed by atoms with Gasteiger partial charge in [-0.2, -0.15) is 0 Å². The number of Topliss-reactive ketones (excluding diaryl/α,β-unsaturated/α-hetero) is 1. The molecule has 1 rings (SSSR count). The smallest absolute Gasteiger partial charge is 0.146 e. The molecule has 0 aliphatic heterocycles. The van der Waals surface area contributed by atoms with E-state index in [1.807, 2.05) is 0 Å². The first-order valence-corrected chi connectivity index (χ1v) is 6.36. The van der Waals surface area contributed by atoms with Crippen LogP contribution in [-0.4, -0.2) is 11.1 Å². The van der Waals surface area contributed by atoms with E-state index in [0.29, 0.717) is 17.0 Å². The van der Waals surface area contributed by atoms with Crippen molar-refractivity contribution in [2.24, 2.45) is 17.8 Å². The fraction of sp³-hybridized carbons (Fsp3) is 0.909. The fourth-order valence-electron chi connectivity index (χ4n) is 2.22. The van der Waals surface area contributed by atoms with Crippen LogP contribution >= 0.6 is 15.9 Å². The highest BCUT2D eigenvalue weighted by Crippen LogP contribution is 2.33. The standard InChI is InChI=1S/C11H19BrO/c1-8(2)9-3-5-10(6-4-9)11(13)7-12/h8-10H,3-7H2,1-2H3. The molecule has 76 valence electrons. The van der Waals surface area contributed by atoms with E-state index in [1.54, 1.807) is 0 Å². The Hall–Kier alpha value is 0.150. The van der Waals surface area contributed by atoms with Crippen LogP contribution in [0, 0.1) is 17.8 Å². The number of carbonyl (C=O) groups excluding carboxylic acids is 1. The van der Waals surface area contributed by atoms with E-state index < -0.39 is 0 Å². The fourth-order valence-corrected chi connectivity index (χ4v) is 2.67. The minimum Gasteiger partial charge on any atom is -0.298 e. The molecule has 0 aromatic rings. The van der Waals surface area contributed by atoms with Crippen molar-refractivity contribution >= 4 is 21.7 Å². The van der Waals surface area contributed by atoms with E-state index >= 15 is 0 Å². The predicted molar refractivity (Wildman–Crippen MR) is 59.1 cm³/mol. The molecule has 1 saturated carbocycles. The molecule has 0 aromatic heterocycles. The Morgan fingerprint density at radius 3 is 2.23 bits per heavy atom. The summed E-state index contributed by atoms with van der Waals surface area (Å²) in [4.78, 5) is 11.4. The van der Waals surface area contributed by atoms with Gasteiger partial charge in [-0.3, -0.25) is 4.79 Å². The summed E-state index contributed by atoms with van der Waals surface area (Å²) in [6, 6.07) is 0. The molecule has 0 heterocycles. The minimum atomic E-state index is 0.356. The van der Waals surface area contributed by atoms with Crippen LogP contribution in [0.3, 0.4) is 0 Å². The highest BCUT2D eigenvalue weighted by molar-refractivity contribution is 9.09. The summed E-state index contributed by atoms with van der Waals surface area (Å²) in [5, 5.41) is 0.546. The largest absolute Gasteiger partial charge is 0.298 e. The Morgan fingerprint density at radius 1 is 1.31 bits per heavy atom. The Balaban J connectivity index is 2.34. The SMILES string of the molecule is CC(C)C1CCC(C(=O)CBr)CC1. The van der Waals surface area contributed by atoms with Crippen LogP contribution < -0.4 is 0 Å². The Labute approximate surface area is 89.4 Å². The third-order valence-electron chi connectivity index (χ3n) is 3.30. The van der Waals surface area contributed by atoms with Crippen LogP contribution in [0.25, 0.3) is 0 Å². The Bertz CT molecular complexity index is 169. The quantitative estimate of drug-likeness (QED) is 0.698. The second-order valence-electron chi connectivity index (χ2n) is 4.46. The van der Waals surface area contributed by atoms with E-state index in [0.717, 1.165) is 24.7 Å². The molecular weight excluding hydrogens is 228 g/mol. The van der Waals surface area contributed by atoms with E-state index in [4.69, 9.17) is 0 Å². The average molecular weight is 247 g/mol. The van der Waals surface area contributed by atoms with Gasteiger partial charge in [0.15, 0.2) is 0 Å². The molecule has 2 heteroatoms. The summed E-state index contributed by atoms with van der Waals surface area (Å²) in [6.45, 7) is 4.58. The van der Waals surface area contributed by atoms with Crippen LogP contribution in [0.2, 0.25) is 0 Å². The summed E-state index contributed by atoms with van der Waals surface area (Å²) in [7, 11) is 0. The molecule has 0 aromatic carbocycles. The Kier molecular flexibility index (Phi) is 4.43. The molecule has 1 aliphatic rings. The van der Waals surface area contributed by atoms with Crippen LogP contribution in [-0.2, 0) is 4.79 Å². The van der Waals surface area contributed by atoms with Crippen molar-refractivity contribution in [1.82, 2.24) is 0 Å². The molecule has 1 fully saturated rings. The molecule has 0 bridgehead atoms. The average Bonchev–Trinajstić information content (AvgIpc) is 2.17. The first kappa shape index (κ1) is 11.2. The molecule has 0 radical (unpaired) electrons. The number of hydrogen-bond acceptors (Lipinski definition) is 1. The first-order chi connectivity index (χ1) is 6.15. The van der Waals surface area contributed by atoms with E-state index in [1.165, 1.54) is 12.8 Å². The van der Waals surface area contributed by atoms with Gasteiger partial charge in [0.1, 0.15) is 5.78 Å². The summed E-state index contributed by atoms with van der Waals surface area (Å²) >= 11 is 3.24. The summed E-state index contributed by atoms with van der Waals surface area (Å²) < 4.78 is 0. The van der Waals surface area contributed by atoms with Crippen molar-refractivity contribution in [3.8, 4) is 0 Å². The van der Waals surface area contributed by atoms with Gasteiger partial charge < -0.3 is 0 Å². The van der Waals surface area contributed by atoms with Crippen molar-refractivity contribution in [3.05, 3.63) is 0 Å². The van der Waals surface area contributed by atoms with Gasteiger partial charge in [-0.05, 0) is 37.5 Å². The van der Waals surface area contributed by atoms with Crippen molar-refractivity contribution in [2.75, 3.05) is 5.33 Å². The third kappa shape index (κ3) is 3.08. The van der Waals surface area contributed by atoms with Crippen LogP contribution in [0.15, 0.2) is 0 Å². The summed E-state index contributed by atoms with van der Waals surface area (Å²) in [6.07, 6.45) is 4.74. The third-order valence-corrected chi connectivity index (χ3v) is 3.85. The number of halogens is 1. The lowest BCUT2D eigenvalue weighted by Crippen LogP contribution is -2.24. The molecule has 0 unspecified atom stereocenters. The number of alkyl halides is 1. The van der Waals surface area contributed by atoms with E-state index in [9.17, 15) is 4.79 Å². The topological polar surface area (TPSA) is 17.1 Å². The van der Waals surface area contributed by atoms with Crippen LogP contribution in [0.4, 0.5) is 0 Å². The molecule has 0 N–H and O–H groups in total. The lowest BCUT2D eigenvalue weighted by atomic mass is 9.76.